The standard InChI is InChI=1S/C12H8BrClN4O2S/c13-8-4-5-9(15-7-8)17-21(19,20)12-11(14)16-10-3-1-2-6-18(10)12/h1-7H,(H,15,17). The monoisotopic (exact) mass is 386 g/mol. The Bertz CT molecular complexity index is 909. The molecular weight excluding hydrogens is 380 g/mol. The first kappa shape index (κ1) is 14.3. The zero-order valence-corrected chi connectivity index (χ0v) is 13.5. The van der Waals surface area contributed by atoms with Crippen molar-refractivity contribution in [3.63, 3.8) is 0 Å². The molecule has 3 aromatic heterocycles. The molecule has 21 heavy (non-hydrogen) atoms. The van der Waals surface area contributed by atoms with E-state index in [1.54, 1.807) is 36.5 Å². The van der Waals surface area contributed by atoms with Gasteiger partial charge in [0.05, 0.1) is 0 Å². The molecule has 0 fully saturated rings. The van der Waals surface area contributed by atoms with E-state index in [0.717, 1.165) is 4.47 Å². The number of fused-ring (bicyclic) bond motifs is 1. The minimum Gasteiger partial charge on any atom is -0.288 e. The van der Waals surface area contributed by atoms with E-state index in [2.05, 4.69) is 30.6 Å². The van der Waals surface area contributed by atoms with Crippen LogP contribution in [0.5, 0.6) is 0 Å². The zero-order chi connectivity index (χ0) is 15.0. The van der Waals surface area contributed by atoms with Crippen molar-refractivity contribution in [1.82, 2.24) is 14.4 Å². The van der Waals surface area contributed by atoms with Crippen LogP contribution < -0.4 is 4.72 Å². The number of anilines is 1. The van der Waals surface area contributed by atoms with Crippen LogP contribution in [0.2, 0.25) is 5.15 Å². The Morgan fingerprint density at radius 1 is 1.24 bits per heavy atom. The second kappa shape index (κ2) is 5.28. The van der Waals surface area contributed by atoms with E-state index in [1.165, 1.54) is 10.6 Å². The summed E-state index contributed by atoms with van der Waals surface area (Å²) < 4.78 is 29.5. The molecule has 0 spiro atoms. The zero-order valence-electron chi connectivity index (χ0n) is 10.4. The van der Waals surface area contributed by atoms with Gasteiger partial charge < -0.3 is 0 Å². The Labute approximate surface area is 134 Å². The van der Waals surface area contributed by atoms with Gasteiger partial charge in [0.2, 0.25) is 0 Å². The van der Waals surface area contributed by atoms with E-state index < -0.39 is 10.0 Å². The number of hydrogen-bond donors (Lipinski definition) is 1. The summed E-state index contributed by atoms with van der Waals surface area (Å²) in [5.74, 6) is 0.195. The normalized spacial score (nSPS) is 11.7. The molecule has 0 aliphatic carbocycles. The van der Waals surface area contributed by atoms with Crippen molar-refractivity contribution < 1.29 is 8.42 Å². The SMILES string of the molecule is O=S(=O)(Nc1ccc(Br)cn1)c1c(Cl)nc2ccccn12. The molecule has 0 aliphatic heterocycles. The number of rotatable bonds is 3. The largest absolute Gasteiger partial charge is 0.288 e. The smallest absolute Gasteiger partial charge is 0.282 e. The van der Waals surface area contributed by atoms with Crippen LogP contribution in [0.25, 0.3) is 5.65 Å². The first-order chi connectivity index (χ1) is 9.97. The summed E-state index contributed by atoms with van der Waals surface area (Å²) in [5, 5.41) is -0.213. The fraction of sp³-hybridized carbons (Fsp3) is 0. The lowest BCUT2D eigenvalue weighted by atomic mass is 10.5. The average Bonchev–Trinajstić information content (AvgIpc) is 2.77. The number of nitrogens with zero attached hydrogens (tertiary/aromatic N) is 3. The summed E-state index contributed by atoms with van der Waals surface area (Å²) in [5.41, 5.74) is 0.451. The van der Waals surface area contributed by atoms with Gasteiger partial charge in [-0.2, -0.15) is 8.42 Å². The van der Waals surface area contributed by atoms with Crippen molar-refractivity contribution in [3.05, 3.63) is 52.4 Å². The molecular formula is C12H8BrClN4O2S. The van der Waals surface area contributed by atoms with Crippen molar-refractivity contribution in [1.29, 1.82) is 0 Å². The summed E-state index contributed by atoms with van der Waals surface area (Å²) in [6.45, 7) is 0. The summed E-state index contributed by atoms with van der Waals surface area (Å²) in [7, 11) is -3.90. The lowest BCUT2D eigenvalue weighted by molar-refractivity contribution is 0.596. The number of sulfonamides is 1. The third kappa shape index (κ3) is 2.74. The van der Waals surface area contributed by atoms with Crippen LogP contribution in [-0.4, -0.2) is 22.8 Å². The predicted molar refractivity (Wildman–Crippen MR) is 82.9 cm³/mol. The van der Waals surface area contributed by atoms with Gasteiger partial charge in [-0.05, 0) is 40.2 Å². The molecule has 0 bridgehead atoms. The molecule has 9 heteroatoms. The molecule has 3 heterocycles. The number of halogens is 2. The van der Waals surface area contributed by atoms with Crippen LogP contribution >= 0.6 is 27.5 Å². The van der Waals surface area contributed by atoms with Gasteiger partial charge in [-0.25, -0.2) is 9.97 Å². The van der Waals surface area contributed by atoms with E-state index in [9.17, 15) is 8.42 Å². The third-order valence-electron chi connectivity index (χ3n) is 2.67. The van der Waals surface area contributed by atoms with Crippen molar-refractivity contribution in [2.75, 3.05) is 4.72 Å². The summed E-state index contributed by atoms with van der Waals surface area (Å²) >= 11 is 9.20. The van der Waals surface area contributed by atoms with Gasteiger partial charge in [0.15, 0.2) is 10.2 Å². The highest BCUT2D eigenvalue weighted by Crippen LogP contribution is 2.24. The van der Waals surface area contributed by atoms with Crippen molar-refractivity contribution in [2.24, 2.45) is 0 Å². The minimum atomic E-state index is -3.90. The van der Waals surface area contributed by atoms with Crippen LogP contribution in [0, 0.1) is 0 Å². The lowest BCUT2D eigenvalue weighted by Crippen LogP contribution is -2.16. The topological polar surface area (TPSA) is 76.4 Å². The molecule has 0 radical (unpaired) electrons. The molecule has 0 saturated carbocycles. The lowest BCUT2D eigenvalue weighted by Gasteiger charge is -2.07. The first-order valence-corrected chi connectivity index (χ1v) is 8.40. The second-order valence-electron chi connectivity index (χ2n) is 4.10. The van der Waals surface area contributed by atoms with E-state index >= 15 is 0 Å². The highest BCUT2D eigenvalue weighted by molar-refractivity contribution is 9.10. The van der Waals surface area contributed by atoms with Crippen LogP contribution in [-0.2, 0) is 10.0 Å². The molecule has 0 aromatic carbocycles. The maximum atomic E-state index is 12.5. The van der Waals surface area contributed by atoms with Crippen LogP contribution in [0.4, 0.5) is 5.82 Å². The predicted octanol–water partition coefficient (Wildman–Crippen LogP) is 2.95. The summed E-state index contributed by atoms with van der Waals surface area (Å²) in [4.78, 5) is 7.99. The maximum absolute atomic E-state index is 12.5. The molecule has 3 rings (SSSR count). The van der Waals surface area contributed by atoms with Crippen molar-refractivity contribution in [2.45, 2.75) is 5.03 Å². The number of pyridine rings is 2. The van der Waals surface area contributed by atoms with Gasteiger partial charge in [-0.3, -0.25) is 9.12 Å². The number of nitrogens with one attached hydrogen (secondary N) is 1. The number of hydrogen-bond acceptors (Lipinski definition) is 4. The molecule has 0 aliphatic rings. The Kier molecular flexibility index (Phi) is 3.60. The molecule has 1 N–H and O–H groups in total. The van der Waals surface area contributed by atoms with Crippen LogP contribution in [0.3, 0.4) is 0 Å². The van der Waals surface area contributed by atoms with Crippen molar-refractivity contribution >= 4 is 49.0 Å². The van der Waals surface area contributed by atoms with E-state index in [-0.39, 0.29) is 16.0 Å². The fourth-order valence-electron chi connectivity index (χ4n) is 1.81. The van der Waals surface area contributed by atoms with Gasteiger partial charge in [-0.1, -0.05) is 17.7 Å². The molecule has 3 aromatic rings. The number of aromatic nitrogens is 3. The molecule has 6 nitrogen and oxygen atoms in total. The molecule has 0 saturated heterocycles. The first-order valence-electron chi connectivity index (χ1n) is 5.74. The maximum Gasteiger partial charge on any atom is 0.282 e. The minimum absolute atomic E-state index is 0.0918. The molecule has 0 unspecified atom stereocenters. The highest BCUT2D eigenvalue weighted by Gasteiger charge is 2.24. The quantitative estimate of drug-likeness (QED) is 0.749. The number of imidazole rings is 1. The van der Waals surface area contributed by atoms with Gasteiger partial charge in [-0.15, -0.1) is 0 Å². The Morgan fingerprint density at radius 2 is 2.05 bits per heavy atom. The molecule has 0 atom stereocenters. The van der Waals surface area contributed by atoms with Gasteiger partial charge >= 0.3 is 0 Å². The average molecular weight is 388 g/mol. The summed E-state index contributed by atoms with van der Waals surface area (Å²) in [6, 6.07) is 8.34. The fourth-order valence-corrected chi connectivity index (χ4v) is 3.70. The van der Waals surface area contributed by atoms with E-state index in [0.29, 0.717) is 5.65 Å². The Morgan fingerprint density at radius 3 is 2.76 bits per heavy atom. The van der Waals surface area contributed by atoms with Gasteiger partial charge in [0.1, 0.15) is 11.5 Å². The van der Waals surface area contributed by atoms with Crippen LogP contribution in [0.1, 0.15) is 0 Å². The van der Waals surface area contributed by atoms with E-state index in [4.69, 9.17) is 11.6 Å². The van der Waals surface area contributed by atoms with Gasteiger partial charge in [0, 0.05) is 16.9 Å². The molecule has 108 valence electrons. The third-order valence-corrected chi connectivity index (χ3v) is 4.89. The van der Waals surface area contributed by atoms with Crippen molar-refractivity contribution in [3.8, 4) is 0 Å². The second-order valence-corrected chi connectivity index (χ2v) is 6.98. The molecule has 0 amide bonds. The highest BCUT2D eigenvalue weighted by atomic mass is 79.9. The Hall–Kier alpha value is -1.64. The Balaban J connectivity index is 2.08. The summed E-state index contributed by atoms with van der Waals surface area (Å²) in [6.07, 6.45) is 3.08. The van der Waals surface area contributed by atoms with E-state index in [1.807, 2.05) is 0 Å². The van der Waals surface area contributed by atoms with Crippen LogP contribution in [0.15, 0.2) is 52.2 Å². The van der Waals surface area contributed by atoms with Gasteiger partial charge in [0.25, 0.3) is 10.0 Å².